The smallest absolute Gasteiger partial charge is 0.419 e. The molecule has 0 spiro atoms. The zero-order chi connectivity index (χ0) is 20.5. The number of halogens is 4. The van der Waals surface area contributed by atoms with Gasteiger partial charge >= 0.3 is 12.1 Å². The van der Waals surface area contributed by atoms with E-state index in [-0.39, 0.29) is 41.0 Å². The van der Waals surface area contributed by atoms with Gasteiger partial charge in [-0.05, 0) is 48.7 Å². The molecule has 0 radical (unpaired) electrons. The van der Waals surface area contributed by atoms with Crippen molar-refractivity contribution in [3.05, 3.63) is 58.9 Å². The number of hydrogen-bond donors (Lipinski definition) is 2. The van der Waals surface area contributed by atoms with Crippen molar-refractivity contribution in [3.63, 3.8) is 0 Å². The number of hydrogen-bond acceptors (Lipinski definition) is 3. The molecule has 1 saturated carbocycles. The molecule has 2 N–H and O–H groups in total. The van der Waals surface area contributed by atoms with Crippen LogP contribution in [0.25, 0.3) is 0 Å². The zero-order valence-corrected chi connectivity index (χ0v) is 14.3. The number of nitrogens with one attached hydrogen (secondary N) is 1. The van der Waals surface area contributed by atoms with Gasteiger partial charge in [0.1, 0.15) is 18.2 Å². The summed E-state index contributed by atoms with van der Waals surface area (Å²) in [5.41, 5.74) is -1.30. The van der Waals surface area contributed by atoms with Crippen molar-refractivity contribution in [3.8, 4) is 5.75 Å². The highest BCUT2D eigenvalue weighted by Gasteiger charge is 2.34. The molecule has 1 aliphatic rings. The third kappa shape index (κ3) is 4.59. The maximum Gasteiger partial charge on any atom is 0.419 e. The monoisotopic (exact) mass is 397 g/mol. The number of carboxylic acids is 1. The van der Waals surface area contributed by atoms with Gasteiger partial charge < -0.3 is 15.2 Å². The van der Waals surface area contributed by atoms with Gasteiger partial charge in [-0.1, -0.05) is 6.07 Å². The molecule has 1 aliphatic carbocycles. The first-order valence-electron chi connectivity index (χ1n) is 8.32. The Bertz CT molecular complexity index is 923. The van der Waals surface area contributed by atoms with Crippen LogP contribution in [-0.4, -0.2) is 17.0 Å². The van der Waals surface area contributed by atoms with Crippen LogP contribution >= 0.6 is 0 Å². The number of carbonyl (C=O) groups is 2. The first kappa shape index (κ1) is 19.7. The van der Waals surface area contributed by atoms with E-state index in [0.717, 1.165) is 18.9 Å². The quantitative estimate of drug-likeness (QED) is 0.706. The summed E-state index contributed by atoms with van der Waals surface area (Å²) in [4.78, 5) is 23.3. The van der Waals surface area contributed by atoms with Crippen molar-refractivity contribution >= 4 is 17.6 Å². The Balaban J connectivity index is 1.72. The SMILES string of the molecule is O=C(O)c1cc(OCc2ccc(C(F)(F)F)c(F)c2)ccc1NC(=O)C1CC1. The molecule has 0 heterocycles. The van der Waals surface area contributed by atoms with E-state index in [0.29, 0.717) is 12.1 Å². The normalized spacial score (nSPS) is 13.9. The van der Waals surface area contributed by atoms with Crippen LogP contribution in [0.4, 0.5) is 23.2 Å². The number of amides is 1. The zero-order valence-electron chi connectivity index (χ0n) is 14.3. The fraction of sp³-hybridized carbons (Fsp3) is 0.263. The average molecular weight is 397 g/mol. The third-order valence-corrected chi connectivity index (χ3v) is 4.17. The average Bonchev–Trinajstić information content (AvgIpc) is 3.44. The predicted molar refractivity (Wildman–Crippen MR) is 90.5 cm³/mol. The number of ether oxygens (including phenoxy) is 1. The van der Waals surface area contributed by atoms with Crippen LogP contribution in [0.1, 0.15) is 34.3 Å². The lowest BCUT2D eigenvalue weighted by molar-refractivity contribution is -0.140. The second-order valence-electron chi connectivity index (χ2n) is 6.38. The largest absolute Gasteiger partial charge is 0.489 e. The van der Waals surface area contributed by atoms with Crippen LogP contribution in [-0.2, 0) is 17.6 Å². The number of benzene rings is 2. The van der Waals surface area contributed by atoms with E-state index >= 15 is 0 Å². The summed E-state index contributed by atoms with van der Waals surface area (Å²) in [7, 11) is 0. The number of alkyl halides is 3. The number of anilines is 1. The van der Waals surface area contributed by atoms with E-state index in [1.54, 1.807) is 0 Å². The maximum absolute atomic E-state index is 13.6. The summed E-state index contributed by atoms with van der Waals surface area (Å²) in [5.74, 6) is -2.94. The van der Waals surface area contributed by atoms with Crippen molar-refractivity contribution < 1.29 is 37.0 Å². The van der Waals surface area contributed by atoms with Crippen LogP contribution in [0.15, 0.2) is 36.4 Å². The van der Waals surface area contributed by atoms with Crippen molar-refractivity contribution in [1.29, 1.82) is 0 Å². The Labute approximate surface area is 156 Å². The van der Waals surface area contributed by atoms with Gasteiger partial charge in [0.2, 0.25) is 5.91 Å². The van der Waals surface area contributed by atoms with Gasteiger partial charge in [-0.2, -0.15) is 13.2 Å². The second kappa shape index (κ2) is 7.49. The first-order valence-corrected chi connectivity index (χ1v) is 8.32. The minimum absolute atomic E-state index is 0.105. The number of carbonyl (C=O) groups excluding carboxylic acids is 1. The molecule has 5 nitrogen and oxygen atoms in total. The Morgan fingerprint density at radius 1 is 1.14 bits per heavy atom. The van der Waals surface area contributed by atoms with Gasteiger partial charge in [0, 0.05) is 5.92 Å². The minimum atomic E-state index is -4.79. The highest BCUT2D eigenvalue weighted by Crippen LogP contribution is 2.33. The topological polar surface area (TPSA) is 75.6 Å². The fourth-order valence-corrected chi connectivity index (χ4v) is 2.52. The molecule has 9 heteroatoms. The van der Waals surface area contributed by atoms with Crippen LogP contribution in [0, 0.1) is 11.7 Å². The third-order valence-electron chi connectivity index (χ3n) is 4.17. The Morgan fingerprint density at radius 2 is 1.86 bits per heavy atom. The van der Waals surface area contributed by atoms with Crippen molar-refractivity contribution in [1.82, 2.24) is 0 Å². The number of aromatic carboxylic acids is 1. The van der Waals surface area contributed by atoms with Gasteiger partial charge in [-0.3, -0.25) is 4.79 Å². The first-order chi connectivity index (χ1) is 13.1. The highest BCUT2D eigenvalue weighted by atomic mass is 19.4. The predicted octanol–water partition coefficient (Wildman–Crippen LogP) is 4.47. The summed E-state index contributed by atoms with van der Waals surface area (Å²) < 4.78 is 56.7. The summed E-state index contributed by atoms with van der Waals surface area (Å²) in [6.07, 6.45) is -3.27. The number of carboxylic acid groups (broad SMARTS) is 1. The van der Waals surface area contributed by atoms with Crippen molar-refractivity contribution in [2.24, 2.45) is 5.92 Å². The summed E-state index contributed by atoms with van der Waals surface area (Å²) in [6.45, 7) is -0.262. The Morgan fingerprint density at radius 3 is 2.43 bits per heavy atom. The van der Waals surface area contributed by atoms with E-state index in [2.05, 4.69) is 5.32 Å². The minimum Gasteiger partial charge on any atom is -0.489 e. The van der Waals surface area contributed by atoms with Gasteiger partial charge in [-0.15, -0.1) is 0 Å². The van der Waals surface area contributed by atoms with Crippen LogP contribution in [0.5, 0.6) is 5.75 Å². The maximum atomic E-state index is 13.6. The molecule has 2 aromatic carbocycles. The lowest BCUT2D eigenvalue weighted by atomic mass is 10.1. The molecule has 3 rings (SSSR count). The molecular formula is C19H15F4NO4. The van der Waals surface area contributed by atoms with Gasteiger partial charge in [0.15, 0.2) is 0 Å². The van der Waals surface area contributed by atoms with Crippen LogP contribution < -0.4 is 10.1 Å². The van der Waals surface area contributed by atoms with Crippen molar-refractivity contribution in [2.75, 3.05) is 5.32 Å². The summed E-state index contributed by atoms with van der Waals surface area (Å²) >= 11 is 0. The van der Waals surface area contributed by atoms with E-state index in [1.807, 2.05) is 0 Å². The van der Waals surface area contributed by atoms with E-state index in [1.165, 1.54) is 18.2 Å². The van der Waals surface area contributed by atoms with Gasteiger partial charge in [0.05, 0.1) is 16.8 Å². The van der Waals surface area contributed by atoms with Gasteiger partial charge in [0.25, 0.3) is 0 Å². The lowest BCUT2D eigenvalue weighted by Gasteiger charge is -2.12. The highest BCUT2D eigenvalue weighted by molar-refractivity contribution is 6.02. The molecule has 28 heavy (non-hydrogen) atoms. The van der Waals surface area contributed by atoms with E-state index < -0.39 is 23.5 Å². The second-order valence-corrected chi connectivity index (χ2v) is 6.38. The van der Waals surface area contributed by atoms with Crippen molar-refractivity contribution in [2.45, 2.75) is 25.6 Å². The molecule has 1 amide bonds. The lowest BCUT2D eigenvalue weighted by Crippen LogP contribution is -2.16. The molecule has 0 aliphatic heterocycles. The van der Waals surface area contributed by atoms with E-state index in [9.17, 15) is 32.3 Å². The molecular weight excluding hydrogens is 382 g/mol. The summed E-state index contributed by atoms with van der Waals surface area (Å²) in [5, 5.41) is 11.9. The van der Waals surface area contributed by atoms with Crippen LogP contribution in [0.3, 0.4) is 0 Å². The Kier molecular flexibility index (Phi) is 5.26. The Hall–Kier alpha value is -3.10. The molecule has 0 unspecified atom stereocenters. The molecule has 148 valence electrons. The summed E-state index contributed by atoms with van der Waals surface area (Å²) in [6, 6.07) is 6.37. The van der Waals surface area contributed by atoms with E-state index in [4.69, 9.17) is 4.74 Å². The molecule has 2 aromatic rings. The molecule has 1 fully saturated rings. The number of rotatable bonds is 6. The molecule has 0 bridgehead atoms. The molecule has 0 saturated heterocycles. The standard InChI is InChI=1S/C19H15F4NO4/c20-15-7-10(1-5-14(15)19(21,22)23)9-28-12-4-6-16(13(8-12)18(26)27)24-17(25)11-2-3-11/h1,4-8,11H,2-3,9H2,(H,24,25)(H,26,27). The molecule has 0 aromatic heterocycles. The van der Waals surface area contributed by atoms with Gasteiger partial charge in [-0.25, -0.2) is 9.18 Å². The fourth-order valence-electron chi connectivity index (χ4n) is 2.52. The van der Waals surface area contributed by atoms with Crippen LogP contribution in [0.2, 0.25) is 0 Å². The molecule has 0 atom stereocenters.